The van der Waals surface area contributed by atoms with E-state index in [-0.39, 0.29) is 4.90 Å². The van der Waals surface area contributed by atoms with Crippen molar-refractivity contribution in [2.45, 2.75) is 24.8 Å². The minimum absolute atomic E-state index is 0.194. The van der Waals surface area contributed by atoms with Gasteiger partial charge < -0.3 is 5.73 Å². The lowest BCUT2D eigenvalue weighted by atomic mass is 10.2. The van der Waals surface area contributed by atoms with Gasteiger partial charge in [0.1, 0.15) is 4.90 Å². The van der Waals surface area contributed by atoms with Crippen LogP contribution in [0.5, 0.6) is 0 Å². The number of rotatable bonds is 5. The Labute approximate surface area is 133 Å². The van der Waals surface area contributed by atoms with Crippen LogP contribution in [0.15, 0.2) is 51.8 Å². The molecule has 6 heteroatoms. The number of anilines is 1. The number of aryl methyl sites for hydroxylation is 1. The van der Waals surface area contributed by atoms with Gasteiger partial charge in [0.05, 0.1) is 0 Å². The predicted octanol–water partition coefficient (Wildman–Crippen LogP) is 3.27. The Bertz CT molecular complexity index is 728. The Hall–Kier alpha value is -1.37. The van der Waals surface area contributed by atoms with Gasteiger partial charge in [-0.15, -0.1) is 0 Å². The van der Waals surface area contributed by atoms with Crippen LogP contribution < -0.4 is 10.5 Å². The highest BCUT2D eigenvalue weighted by Crippen LogP contribution is 2.25. The van der Waals surface area contributed by atoms with Gasteiger partial charge >= 0.3 is 0 Å². The van der Waals surface area contributed by atoms with Crippen molar-refractivity contribution in [2.24, 2.45) is 5.73 Å². The van der Waals surface area contributed by atoms with Gasteiger partial charge in [0, 0.05) is 16.7 Å². The number of halogens is 1. The molecule has 0 amide bonds. The van der Waals surface area contributed by atoms with Crippen molar-refractivity contribution in [3.8, 4) is 0 Å². The molecule has 2 rings (SSSR count). The number of nitrogens with two attached hydrogens (primary N) is 1. The average molecular weight is 369 g/mol. The number of hydrogen-bond donors (Lipinski definition) is 2. The van der Waals surface area contributed by atoms with E-state index in [9.17, 15) is 8.42 Å². The molecule has 0 aliphatic rings. The van der Waals surface area contributed by atoms with Crippen LogP contribution in [-0.4, -0.2) is 8.42 Å². The highest BCUT2D eigenvalue weighted by molar-refractivity contribution is 9.10. The summed E-state index contributed by atoms with van der Waals surface area (Å²) in [6.07, 6.45) is 0.916. The fraction of sp³-hybridized carbons (Fsp3) is 0.200. The molecular weight excluding hydrogens is 352 g/mol. The molecule has 112 valence electrons. The van der Waals surface area contributed by atoms with Crippen LogP contribution in [0.1, 0.15) is 18.1 Å². The van der Waals surface area contributed by atoms with Gasteiger partial charge in [0.2, 0.25) is 0 Å². The van der Waals surface area contributed by atoms with Crippen LogP contribution in [0.2, 0.25) is 0 Å². The van der Waals surface area contributed by atoms with Crippen LogP contribution in [-0.2, 0) is 23.0 Å². The van der Waals surface area contributed by atoms with E-state index in [2.05, 4.69) is 27.6 Å². The van der Waals surface area contributed by atoms with Crippen molar-refractivity contribution in [1.29, 1.82) is 0 Å². The summed E-state index contributed by atoms with van der Waals surface area (Å²) < 4.78 is 27.9. The lowest BCUT2D eigenvalue weighted by Gasteiger charge is -2.11. The van der Waals surface area contributed by atoms with E-state index in [1.54, 1.807) is 30.3 Å². The molecule has 0 spiro atoms. The zero-order valence-electron chi connectivity index (χ0n) is 11.6. The van der Waals surface area contributed by atoms with E-state index < -0.39 is 10.0 Å². The van der Waals surface area contributed by atoms with Crippen molar-refractivity contribution in [3.05, 3.63) is 58.1 Å². The Kier molecular flexibility index (Phi) is 5.03. The number of benzene rings is 2. The normalized spacial score (nSPS) is 11.4. The summed E-state index contributed by atoms with van der Waals surface area (Å²) in [5, 5.41) is 0. The van der Waals surface area contributed by atoms with Crippen LogP contribution in [0, 0.1) is 0 Å². The first-order valence-corrected chi connectivity index (χ1v) is 8.84. The summed E-state index contributed by atoms with van der Waals surface area (Å²) in [6.45, 7) is 2.42. The molecule has 2 aromatic carbocycles. The molecule has 0 heterocycles. The molecule has 0 unspecified atom stereocenters. The summed E-state index contributed by atoms with van der Waals surface area (Å²) in [5.74, 6) is 0. The lowest BCUT2D eigenvalue weighted by Crippen LogP contribution is -2.14. The highest BCUT2D eigenvalue weighted by atomic mass is 79.9. The Morgan fingerprint density at radius 2 is 1.71 bits per heavy atom. The largest absolute Gasteiger partial charge is 0.326 e. The first-order valence-electron chi connectivity index (χ1n) is 6.56. The Balaban J connectivity index is 2.29. The molecule has 0 aromatic heterocycles. The number of nitrogens with one attached hydrogen (secondary N) is 1. The fourth-order valence-corrected chi connectivity index (χ4v) is 4.09. The first kappa shape index (κ1) is 16.0. The molecule has 0 fully saturated rings. The molecule has 0 aliphatic heterocycles. The van der Waals surface area contributed by atoms with Gasteiger partial charge in [-0.1, -0.05) is 25.1 Å². The second-order valence-electron chi connectivity index (χ2n) is 4.62. The van der Waals surface area contributed by atoms with Gasteiger partial charge in [-0.3, -0.25) is 4.72 Å². The van der Waals surface area contributed by atoms with Crippen molar-refractivity contribution < 1.29 is 8.42 Å². The minimum Gasteiger partial charge on any atom is -0.326 e. The van der Waals surface area contributed by atoms with Gasteiger partial charge in [-0.2, -0.15) is 0 Å². The van der Waals surface area contributed by atoms with Gasteiger partial charge in [0.15, 0.2) is 0 Å². The Morgan fingerprint density at radius 3 is 2.24 bits per heavy atom. The third-order valence-electron chi connectivity index (χ3n) is 3.14. The zero-order valence-corrected chi connectivity index (χ0v) is 14.0. The van der Waals surface area contributed by atoms with Gasteiger partial charge in [-0.05, 0) is 57.7 Å². The molecule has 0 atom stereocenters. The molecule has 0 saturated heterocycles. The van der Waals surface area contributed by atoms with E-state index in [1.165, 1.54) is 0 Å². The van der Waals surface area contributed by atoms with Crippen LogP contribution in [0.25, 0.3) is 0 Å². The SMILES string of the molecule is CCc1ccc(NS(=O)(=O)c2ccc(CN)cc2Br)cc1. The average Bonchev–Trinajstić information content (AvgIpc) is 2.47. The maximum Gasteiger partial charge on any atom is 0.263 e. The quantitative estimate of drug-likeness (QED) is 0.850. The molecule has 3 N–H and O–H groups in total. The third-order valence-corrected chi connectivity index (χ3v) is 5.49. The van der Waals surface area contributed by atoms with Crippen LogP contribution in [0.4, 0.5) is 5.69 Å². The second kappa shape index (κ2) is 6.60. The summed E-state index contributed by atoms with van der Waals surface area (Å²) in [4.78, 5) is 0.194. The van der Waals surface area contributed by atoms with Crippen molar-refractivity contribution >= 4 is 31.6 Å². The lowest BCUT2D eigenvalue weighted by molar-refractivity contribution is 0.600. The summed E-state index contributed by atoms with van der Waals surface area (Å²) in [7, 11) is -3.63. The summed E-state index contributed by atoms with van der Waals surface area (Å²) in [5.41, 5.74) is 8.11. The fourth-order valence-electron chi connectivity index (χ4n) is 1.91. The van der Waals surface area contributed by atoms with Crippen molar-refractivity contribution in [2.75, 3.05) is 4.72 Å². The summed E-state index contributed by atoms with van der Waals surface area (Å²) in [6, 6.07) is 12.3. The highest BCUT2D eigenvalue weighted by Gasteiger charge is 2.17. The first-order chi connectivity index (χ1) is 9.96. The molecule has 2 aromatic rings. The standard InChI is InChI=1S/C15H17BrN2O2S/c1-2-11-3-6-13(7-4-11)18-21(19,20)15-8-5-12(10-17)9-14(15)16/h3-9,18H,2,10,17H2,1H3. The second-order valence-corrected chi connectivity index (χ2v) is 7.13. The molecule has 0 saturated carbocycles. The summed E-state index contributed by atoms with van der Waals surface area (Å²) >= 11 is 3.29. The topological polar surface area (TPSA) is 72.2 Å². The van der Waals surface area contributed by atoms with Gasteiger partial charge in [-0.25, -0.2) is 8.42 Å². The molecule has 0 bridgehead atoms. The van der Waals surface area contributed by atoms with Crippen molar-refractivity contribution in [3.63, 3.8) is 0 Å². The number of hydrogen-bond acceptors (Lipinski definition) is 3. The maximum absolute atomic E-state index is 12.4. The monoisotopic (exact) mass is 368 g/mol. The minimum atomic E-state index is -3.63. The molecule has 0 aliphatic carbocycles. The molecule has 0 radical (unpaired) electrons. The Morgan fingerprint density at radius 1 is 1.10 bits per heavy atom. The van der Waals surface area contributed by atoms with E-state index >= 15 is 0 Å². The zero-order chi connectivity index (χ0) is 15.5. The van der Waals surface area contributed by atoms with E-state index in [0.29, 0.717) is 16.7 Å². The van der Waals surface area contributed by atoms with Gasteiger partial charge in [0.25, 0.3) is 10.0 Å². The van der Waals surface area contributed by atoms with E-state index in [0.717, 1.165) is 17.5 Å². The third kappa shape index (κ3) is 3.84. The van der Waals surface area contributed by atoms with E-state index in [4.69, 9.17) is 5.73 Å². The predicted molar refractivity (Wildman–Crippen MR) is 88.7 cm³/mol. The van der Waals surface area contributed by atoms with Crippen molar-refractivity contribution in [1.82, 2.24) is 0 Å². The van der Waals surface area contributed by atoms with Crippen LogP contribution in [0.3, 0.4) is 0 Å². The van der Waals surface area contributed by atoms with E-state index in [1.807, 2.05) is 12.1 Å². The molecule has 21 heavy (non-hydrogen) atoms. The van der Waals surface area contributed by atoms with Crippen LogP contribution >= 0.6 is 15.9 Å². The smallest absolute Gasteiger partial charge is 0.263 e. The molecular formula is C15H17BrN2O2S. The number of sulfonamides is 1. The molecule has 4 nitrogen and oxygen atoms in total. The maximum atomic E-state index is 12.4.